The van der Waals surface area contributed by atoms with Gasteiger partial charge in [0.15, 0.2) is 11.4 Å². The number of pyridine rings is 2. The first-order chi connectivity index (χ1) is 27.9. The van der Waals surface area contributed by atoms with Crippen molar-refractivity contribution in [2.75, 3.05) is 16.0 Å². The molecule has 0 aliphatic rings. The van der Waals surface area contributed by atoms with E-state index in [0.717, 1.165) is 0 Å². The van der Waals surface area contributed by atoms with Gasteiger partial charge in [-0.1, -0.05) is 0 Å². The van der Waals surface area contributed by atoms with E-state index in [1.807, 2.05) is 0 Å². The quantitative estimate of drug-likeness (QED) is 0.0957. The summed E-state index contributed by atoms with van der Waals surface area (Å²) in [7, 11) is 0. The van der Waals surface area contributed by atoms with E-state index < -0.39 is 151 Å². The molecule has 2 aromatic heterocycles. The van der Waals surface area contributed by atoms with E-state index in [4.69, 9.17) is 0 Å². The molecule has 4 aromatic rings. The second kappa shape index (κ2) is 15.7. The second-order valence-electron chi connectivity index (χ2n) is 10.5. The van der Waals surface area contributed by atoms with Crippen LogP contribution in [-0.4, -0.2) is 64.1 Å². The Bertz CT molecular complexity index is 2480. The zero-order valence-corrected chi connectivity index (χ0v) is 27.7. The summed E-state index contributed by atoms with van der Waals surface area (Å²) >= 11 is 0. The highest BCUT2D eigenvalue weighted by atomic mass is 16.7. The van der Waals surface area contributed by atoms with Crippen LogP contribution in [0.25, 0.3) is 0 Å². The maximum absolute atomic E-state index is 12.7. The van der Waals surface area contributed by atoms with Crippen molar-refractivity contribution in [3.63, 3.8) is 0 Å². The van der Waals surface area contributed by atoms with Gasteiger partial charge in [0.25, 0.3) is 11.4 Å². The molecule has 0 amide bonds. The molecule has 0 radical (unpaired) electrons. The molecule has 0 bridgehead atoms. The number of hydrogen-bond donors (Lipinski definition) is 3. The van der Waals surface area contributed by atoms with Crippen LogP contribution in [0.3, 0.4) is 0 Å². The van der Waals surface area contributed by atoms with Crippen LogP contribution in [0.15, 0.2) is 30.3 Å². The summed E-state index contributed by atoms with van der Waals surface area (Å²) in [4.78, 5) is 121. The third-order valence-corrected chi connectivity index (χ3v) is 7.14. The van der Waals surface area contributed by atoms with Gasteiger partial charge < -0.3 is 36.2 Å². The molecule has 2 aromatic carbocycles. The summed E-state index contributed by atoms with van der Waals surface area (Å²) in [5.74, 6) is -7.15. The number of nitrogens with zero attached hydrogens (tertiary/aromatic N) is 13. The molecule has 2 heterocycles. The molecule has 0 atom stereocenters. The lowest BCUT2D eigenvalue weighted by Gasteiger charge is -2.15. The molecule has 308 valence electrons. The fourth-order valence-corrected chi connectivity index (χ4v) is 4.81. The Labute approximate surface area is 319 Å². The first-order valence-corrected chi connectivity index (χ1v) is 14.3. The normalized spacial score (nSPS) is 10.5. The minimum absolute atomic E-state index is 0.0454. The topological polar surface area (TPSA) is 536 Å². The minimum Gasteiger partial charge on any atom is -0.358 e. The Kier molecular flexibility index (Phi) is 11.1. The minimum atomic E-state index is -2.04. The van der Waals surface area contributed by atoms with Crippen LogP contribution in [0, 0.1) is 111 Å². The fraction of sp³-hybridized carbons (Fsp3) is 0. The van der Waals surface area contributed by atoms with Crippen molar-refractivity contribution in [1.29, 1.82) is 0 Å². The average Bonchev–Trinajstić information content (AvgIpc) is 3.13. The fourth-order valence-electron chi connectivity index (χ4n) is 4.81. The smallest absolute Gasteiger partial charge is 0.358 e. The summed E-state index contributed by atoms with van der Waals surface area (Å²) in [6.07, 6.45) is 0. The molecular formula is C22H8N16O22. The average molecular weight is 848 g/mol. The molecule has 0 aliphatic heterocycles. The standard InChI is InChI=1S/C22H8N16O22/c39-28(40)6-1-8(30(43)44)14(9(2-6)31(45)46)25-20-18(36(55)56)17(24-16-12(34(51)52)5-13(35(53)54)23-22(16)38(59)60)19(37(57)58)21(27-20)26-15-10(32(47)48)3-7(29(41)42)4-11(15)33(49)50/h1-5H,(H3,24,25,26,27). The van der Waals surface area contributed by atoms with Gasteiger partial charge in [0, 0.05) is 4.98 Å². The molecule has 0 aliphatic carbocycles. The summed E-state index contributed by atoms with van der Waals surface area (Å²) in [5.41, 5.74) is -22.1. The molecule has 0 fully saturated rings. The van der Waals surface area contributed by atoms with Crippen LogP contribution in [0.5, 0.6) is 0 Å². The van der Waals surface area contributed by atoms with E-state index in [-0.39, 0.29) is 30.3 Å². The first-order valence-electron chi connectivity index (χ1n) is 14.3. The molecule has 4 rings (SSSR count). The van der Waals surface area contributed by atoms with Gasteiger partial charge in [-0.15, -0.1) is 0 Å². The number of benzene rings is 2. The van der Waals surface area contributed by atoms with E-state index >= 15 is 0 Å². The number of hydrogen-bond acceptors (Lipinski definition) is 27. The molecular weight excluding hydrogens is 840 g/mol. The van der Waals surface area contributed by atoms with Crippen molar-refractivity contribution in [3.05, 3.63) is 142 Å². The number of nitro benzene ring substituents is 6. The van der Waals surface area contributed by atoms with Gasteiger partial charge in [0.2, 0.25) is 23.0 Å². The molecule has 3 N–H and O–H groups in total. The van der Waals surface area contributed by atoms with Crippen molar-refractivity contribution < 1.29 is 54.2 Å². The van der Waals surface area contributed by atoms with Crippen LogP contribution in [0.1, 0.15) is 0 Å². The Hall–Kier alpha value is -10.5. The Morgan fingerprint density at radius 3 is 0.933 bits per heavy atom. The Morgan fingerprint density at radius 2 is 0.667 bits per heavy atom. The predicted octanol–water partition coefficient (Wildman–Crippen LogP) is 4.70. The molecule has 38 nitrogen and oxygen atoms in total. The van der Waals surface area contributed by atoms with Crippen molar-refractivity contribution in [1.82, 2.24) is 9.97 Å². The Morgan fingerprint density at radius 1 is 0.333 bits per heavy atom. The van der Waals surface area contributed by atoms with Crippen molar-refractivity contribution in [2.24, 2.45) is 0 Å². The van der Waals surface area contributed by atoms with Crippen molar-refractivity contribution in [3.8, 4) is 0 Å². The molecule has 0 spiro atoms. The van der Waals surface area contributed by atoms with Crippen LogP contribution in [0.4, 0.5) is 97.2 Å². The Balaban J connectivity index is 2.31. The SMILES string of the molecule is O=[N+]([O-])c1cc([N+](=O)[O-])c(Nc2nc(Nc3c([N+](=O)[O-])cc([N+](=O)[O-])cc3[N+](=O)[O-])c([N+](=O)[O-])c(Nc3c([N+](=O)[O-])cc([N+](=O)[O-])nc3[N+](=O)[O-])c2[N+](=O)[O-])c([N+](=O)[O-])c1. The highest BCUT2D eigenvalue weighted by Crippen LogP contribution is 2.51. The zero-order valence-electron chi connectivity index (χ0n) is 27.7. The monoisotopic (exact) mass is 848 g/mol. The predicted molar refractivity (Wildman–Crippen MR) is 184 cm³/mol. The van der Waals surface area contributed by atoms with Gasteiger partial charge >= 0.3 is 51.4 Å². The van der Waals surface area contributed by atoms with Crippen molar-refractivity contribution >= 4 is 97.2 Å². The third kappa shape index (κ3) is 7.99. The largest absolute Gasteiger partial charge is 0.399 e. The highest BCUT2D eigenvalue weighted by Gasteiger charge is 2.43. The van der Waals surface area contributed by atoms with Gasteiger partial charge in [0.05, 0.1) is 68.6 Å². The third-order valence-electron chi connectivity index (χ3n) is 7.14. The van der Waals surface area contributed by atoms with Crippen LogP contribution >= 0.6 is 0 Å². The zero-order chi connectivity index (χ0) is 45.2. The lowest BCUT2D eigenvalue weighted by molar-refractivity contribution is -0.408. The molecule has 60 heavy (non-hydrogen) atoms. The second-order valence-corrected chi connectivity index (χ2v) is 10.5. The van der Waals surface area contributed by atoms with E-state index in [0.29, 0.717) is 0 Å². The van der Waals surface area contributed by atoms with E-state index in [1.165, 1.54) is 5.32 Å². The first kappa shape index (κ1) is 42.3. The van der Waals surface area contributed by atoms with Crippen LogP contribution in [-0.2, 0) is 0 Å². The number of aromatic nitrogens is 2. The lowest BCUT2D eigenvalue weighted by Crippen LogP contribution is -2.13. The molecule has 0 saturated heterocycles. The lowest BCUT2D eigenvalue weighted by atomic mass is 10.1. The number of nitro groups is 11. The van der Waals surface area contributed by atoms with Gasteiger partial charge in [-0.3, -0.25) is 91.0 Å². The van der Waals surface area contributed by atoms with Crippen molar-refractivity contribution in [2.45, 2.75) is 0 Å². The summed E-state index contributed by atoms with van der Waals surface area (Å²) in [5, 5.41) is 136. The van der Waals surface area contributed by atoms with E-state index in [9.17, 15) is 111 Å². The summed E-state index contributed by atoms with van der Waals surface area (Å²) < 4.78 is 0. The van der Waals surface area contributed by atoms with Gasteiger partial charge in [-0.05, 0) is 9.85 Å². The maximum atomic E-state index is 12.7. The number of non-ortho nitro benzene ring substituents is 2. The van der Waals surface area contributed by atoms with Crippen LogP contribution < -0.4 is 16.0 Å². The van der Waals surface area contributed by atoms with E-state index in [2.05, 4.69) is 9.97 Å². The highest BCUT2D eigenvalue weighted by molar-refractivity contribution is 5.97. The molecule has 0 unspecified atom stereocenters. The maximum Gasteiger partial charge on any atom is 0.399 e. The van der Waals surface area contributed by atoms with E-state index in [1.54, 1.807) is 10.6 Å². The summed E-state index contributed by atoms with van der Waals surface area (Å²) in [6.45, 7) is 0. The van der Waals surface area contributed by atoms with Gasteiger partial charge in [-0.25, -0.2) is 0 Å². The molecule has 0 saturated carbocycles. The number of nitrogens with one attached hydrogen (secondary N) is 3. The summed E-state index contributed by atoms with van der Waals surface area (Å²) in [6, 6.07) is 0.0840. The number of rotatable bonds is 17. The van der Waals surface area contributed by atoms with Crippen LogP contribution in [0.2, 0.25) is 0 Å². The van der Waals surface area contributed by atoms with Gasteiger partial charge in [-0.2, -0.15) is 4.98 Å². The molecule has 38 heteroatoms. The number of anilines is 6. The van der Waals surface area contributed by atoms with Gasteiger partial charge in [0.1, 0.15) is 6.07 Å².